The number of unbranched alkanes of at least 4 members (excludes halogenated alkanes) is 29. The molecule has 3 unspecified atom stereocenters. The third kappa shape index (κ3) is 39.5. The Morgan fingerprint density at radius 1 is 0.611 bits per heavy atom. The van der Waals surface area contributed by atoms with Crippen LogP contribution >= 0.6 is 7.82 Å². The molecule has 0 heterocycles. The fraction of sp³-hybridized carbons (Fsp3) is 0.933. The van der Waals surface area contributed by atoms with Crippen LogP contribution in [0.3, 0.4) is 0 Å². The summed E-state index contributed by atoms with van der Waals surface area (Å²) in [6.07, 6.45) is 43.1. The number of carbonyl (C=O) groups is 1. The highest BCUT2D eigenvalue weighted by Crippen LogP contribution is 2.43. The topological polar surface area (TPSA) is 105 Å². The maximum Gasteiger partial charge on any atom is 0.472 e. The third-order valence-corrected chi connectivity index (χ3v) is 11.5. The van der Waals surface area contributed by atoms with E-state index in [9.17, 15) is 19.4 Å². The molecule has 3 N–H and O–H groups in total. The van der Waals surface area contributed by atoms with Gasteiger partial charge < -0.3 is 19.8 Å². The molecule has 0 aliphatic heterocycles. The highest BCUT2D eigenvalue weighted by atomic mass is 31.2. The number of quaternary nitrogens is 1. The Labute approximate surface area is 335 Å². The van der Waals surface area contributed by atoms with E-state index < -0.39 is 20.0 Å². The van der Waals surface area contributed by atoms with Gasteiger partial charge in [-0.15, -0.1) is 0 Å². The fourth-order valence-corrected chi connectivity index (χ4v) is 7.54. The first-order chi connectivity index (χ1) is 26.0. The monoisotopic (exact) mass is 788 g/mol. The summed E-state index contributed by atoms with van der Waals surface area (Å²) < 4.78 is 23.5. The van der Waals surface area contributed by atoms with Crippen molar-refractivity contribution in [3.05, 3.63) is 12.2 Å². The molecule has 0 aliphatic rings. The lowest BCUT2D eigenvalue weighted by Gasteiger charge is -2.25. The van der Waals surface area contributed by atoms with E-state index in [1.54, 1.807) is 6.08 Å². The van der Waals surface area contributed by atoms with E-state index in [0.29, 0.717) is 17.4 Å². The van der Waals surface area contributed by atoms with Gasteiger partial charge in [0.2, 0.25) is 5.91 Å². The molecular weight excluding hydrogens is 695 g/mol. The molecule has 0 fully saturated rings. The summed E-state index contributed by atoms with van der Waals surface area (Å²) >= 11 is 0. The molecule has 8 nitrogen and oxygen atoms in total. The molecule has 3 atom stereocenters. The Morgan fingerprint density at radius 3 is 1.37 bits per heavy atom. The van der Waals surface area contributed by atoms with E-state index in [-0.39, 0.29) is 19.1 Å². The Morgan fingerprint density at radius 2 is 0.981 bits per heavy atom. The number of hydrogen-bond donors (Lipinski definition) is 3. The summed E-state index contributed by atoms with van der Waals surface area (Å²) in [6, 6.07) is -0.838. The molecule has 0 rings (SSSR count). The van der Waals surface area contributed by atoms with Crippen molar-refractivity contribution in [1.82, 2.24) is 5.32 Å². The van der Waals surface area contributed by atoms with Gasteiger partial charge in [0.05, 0.1) is 39.9 Å². The van der Waals surface area contributed by atoms with Crippen molar-refractivity contribution in [2.75, 3.05) is 40.9 Å². The summed E-state index contributed by atoms with van der Waals surface area (Å²) in [6.45, 7) is 4.79. The minimum absolute atomic E-state index is 0.0641. The van der Waals surface area contributed by atoms with E-state index in [1.165, 1.54) is 161 Å². The predicted molar refractivity (Wildman–Crippen MR) is 231 cm³/mol. The smallest absolute Gasteiger partial charge is 0.387 e. The maximum atomic E-state index is 12.8. The lowest BCUT2D eigenvalue weighted by atomic mass is 10.0. The summed E-state index contributed by atoms with van der Waals surface area (Å²) in [5.74, 6) is -0.176. The minimum atomic E-state index is -4.32. The third-order valence-electron chi connectivity index (χ3n) is 10.5. The lowest BCUT2D eigenvalue weighted by Crippen LogP contribution is -2.45. The maximum absolute atomic E-state index is 12.8. The number of carbonyl (C=O) groups excluding carboxylic acids is 1. The van der Waals surface area contributed by atoms with Crippen LogP contribution in [0.15, 0.2) is 12.2 Å². The zero-order chi connectivity index (χ0) is 40.0. The van der Waals surface area contributed by atoms with Gasteiger partial charge in [-0.25, -0.2) is 4.57 Å². The minimum Gasteiger partial charge on any atom is -0.387 e. The average Bonchev–Trinajstić information content (AvgIpc) is 3.12. The molecule has 0 aromatic heterocycles. The number of rotatable bonds is 42. The number of phosphoric acid groups is 1. The van der Waals surface area contributed by atoms with Gasteiger partial charge in [-0.1, -0.05) is 206 Å². The van der Waals surface area contributed by atoms with Gasteiger partial charge in [0.1, 0.15) is 13.2 Å². The van der Waals surface area contributed by atoms with E-state index in [2.05, 4.69) is 19.2 Å². The molecule has 322 valence electrons. The number of phosphoric ester groups is 1. The molecule has 0 radical (unpaired) electrons. The molecule has 0 saturated carbocycles. The quantitative estimate of drug-likeness (QED) is 0.0246. The zero-order valence-corrected chi connectivity index (χ0v) is 37.4. The highest BCUT2D eigenvalue weighted by Gasteiger charge is 2.27. The van der Waals surface area contributed by atoms with Gasteiger partial charge >= 0.3 is 7.82 Å². The summed E-state index contributed by atoms with van der Waals surface area (Å²) in [5.41, 5.74) is 0. The zero-order valence-electron chi connectivity index (χ0n) is 36.5. The van der Waals surface area contributed by atoms with Crippen LogP contribution in [0.2, 0.25) is 0 Å². The van der Waals surface area contributed by atoms with Gasteiger partial charge in [-0.05, 0) is 19.3 Å². The second-order valence-corrected chi connectivity index (χ2v) is 18.6. The van der Waals surface area contributed by atoms with Crippen molar-refractivity contribution in [2.24, 2.45) is 0 Å². The number of likely N-dealkylation sites (N-methyl/N-ethyl adjacent to an activating group) is 1. The summed E-state index contributed by atoms with van der Waals surface area (Å²) in [5, 5.41) is 13.7. The number of allylic oxidation sites excluding steroid dienone is 1. The fourth-order valence-electron chi connectivity index (χ4n) is 6.81. The molecule has 54 heavy (non-hydrogen) atoms. The first kappa shape index (κ1) is 53.2. The Bertz CT molecular complexity index is 896. The number of nitrogens with one attached hydrogen (secondary N) is 1. The standard InChI is InChI=1S/C45H91N2O6P/c1-6-8-10-12-14-16-17-18-19-20-21-22-23-24-25-26-27-28-29-30-31-33-35-37-39-45(49)46-43(42-53-54(50,51)52-41-40-47(3,4)5)44(48)38-36-34-32-15-13-11-9-7-2/h36,38,43-44,48H,6-35,37,39-42H2,1-5H3,(H-,46,49,50,51)/p+1/b38-36+. The largest absolute Gasteiger partial charge is 0.472 e. The van der Waals surface area contributed by atoms with Gasteiger partial charge in [0, 0.05) is 6.42 Å². The van der Waals surface area contributed by atoms with Crippen molar-refractivity contribution in [1.29, 1.82) is 0 Å². The Hall–Kier alpha value is -0.760. The van der Waals surface area contributed by atoms with Crippen molar-refractivity contribution in [3.63, 3.8) is 0 Å². The number of amides is 1. The number of hydrogen-bond acceptors (Lipinski definition) is 5. The van der Waals surface area contributed by atoms with E-state index in [1.807, 2.05) is 27.2 Å². The van der Waals surface area contributed by atoms with Crippen molar-refractivity contribution < 1.29 is 32.9 Å². The van der Waals surface area contributed by atoms with Crippen LogP contribution in [0.25, 0.3) is 0 Å². The van der Waals surface area contributed by atoms with Gasteiger partial charge in [0.15, 0.2) is 0 Å². The highest BCUT2D eigenvalue weighted by molar-refractivity contribution is 7.47. The molecule has 0 bridgehead atoms. The molecule has 9 heteroatoms. The van der Waals surface area contributed by atoms with E-state index in [4.69, 9.17) is 9.05 Å². The van der Waals surface area contributed by atoms with E-state index >= 15 is 0 Å². The average molecular weight is 788 g/mol. The first-order valence-corrected chi connectivity index (χ1v) is 24.6. The molecular formula is C45H92N2O6P+. The number of aliphatic hydroxyl groups is 1. The first-order valence-electron chi connectivity index (χ1n) is 23.1. The van der Waals surface area contributed by atoms with Crippen LogP contribution in [0.4, 0.5) is 0 Å². The van der Waals surface area contributed by atoms with E-state index in [0.717, 1.165) is 38.5 Å². The predicted octanol–water partition coefficient (Wildman–Crippen LogP) is 12.8. The number of aliphatic hydroxyl groups excluding tert-OH is 1. The lowest BCUT2D eigenvalue weighted by molar-refractivity contribution is -0.870. The van der Waals surface area contributed by atoms with Crippen LogP contribution in [0, 0.1) is 0 Å². The summed E-state index contributed by atoms with van der Waals surface area (Å²) in [4.78, 5) is 23.0. The second-order valence-electron chi connectivity index (χ2n) is 17.1. The van der Waals surface area contributed by atoms with Gasteiger partial charge in [-0.3, -0.25) is 13.8 Å². The SMILES string of the molecule is CCCCCCCC/C=C/C(O)C(COP(=O)(O)OCC[N+](C)(C)C)NC(=O)CCCCCCCCCCCCCCCCCCCCCCCCCC. The van der Waals surface area contributed by atoms with Crippen LogP contribution in [0.5, 0.6) is 0 Å². The van der Waals surface area contributed by atoms with Gasteiger partial charge in [0.25, 0.3) is 0 Å². The summed E-state index contributed by atoms with van der Waals surface area (Å²) in [7, 11) is 1.58. The molecule has 0 aromatic rings. The Balaban J connectivity index is 4.08. The van der Waals surface area contributed by atoms with Crippen molar-refractivity contribution in [3.8, 4) is 0 Å². The molecule has 1 amide bonds. The van der Waals surface area contributed by atoms with Crippen LogP contribution < -0.4 is 5.32 Å². The Kier molecular flexibility index (Phi) is 37.3. The molecule has 0 spiro atoms. The van der Waals surface area contributed by atoms with Crippen molar-refractivity contribution in [2.45, 2.75) is 231 Å². The van der Waals surface area contributed by atoms with Crippen LogP contribution in [-0.4, -0.2) is 73.4 Å². The van der Waals surface area contributed by atoms with Crippen LogP contribution in [-0.2, 0) is 18.4 Å². The normalized spacial score (nSPS) is 14.4. The van der Waals surface area contributed by atoms with Gasteiger partial charge in [-0.2, -0.15) is 0 Å². The van der Waals surface area contributed by atoms with Crippen LogP contribution in [0.1, 0.15) is 219 Å². The molecule has 0 saturated heterocycles. The van der Waals surface area contributed by atoms with Crippen molar-refractivity contribution >= 4 is 13.7 Å². The molecule has 0 aromatic carbocycles. The number of nitrogens with zero attached hydrogens (tertiary/aromatic N) is 1. The molecule has 0 aliphatic carbocycles. The second kappa shape index (κ2) is 37.8.